The third-order valence-corrected chi connectivity index (χ3v) is 2.70. The molecule has 0 bridgehead atoms. The van der Waals surface area contributed by atoms with Gasteiger partial charge in [0.25, 0.3) is 0 Å². The average molecular weight is 83.1 g/mol. The average Bonchev–Trinajstić information content (AvgIpc) is 2.12. The molecule has 0 radical (unpaired) electrons. The molecule has 1 heteroatoms. The van der Waals surface area contributed by atoms with E-state index in [9.17, 15) is 0 Å². The van der Waals surface area contributed by atoms with E-state index < -0.39 is 0 Å². The van der Waals surface area contributed by atoms with E-state index in [0.717, 1.165) is 15.2 Å². The molecule has 0 aromatic carbocycles. The van der Waals surface area contributed by atoms with Crippen LogP contribution in [0, 0.1) is 0 Å². The predicted molar refractivity (Wildman–Crippen MR) is 24.6 cm³/mol. The maximum atomic E-state index is 2.34. The Morgan fingerprint density at radius 3 is 2.20 bits per heavy atom. The zero-order valence-corrected chi connectivity index (χ0v) is 4.72. The molecule has 1 rings (SSSR count). The molecule has 0 aromatic rings. The quantitative estimate of drug-likeness (QED) is 0.419. The zero-order valence-electron chi connectivity index (χ0n) is 3.57. The van der Waals surface area contributed by atoms with Gasteiger partial charge >= 0.3 is 38.6 Å². The van der Waals surface area contributed by atoms with E-state index in [2.05, 4.69) is 5.79 Å². The first-order valence-electron chi connectivity index (χ1n) is 2.23. The van der Waals surface area contributed by atoms with Gasteiger partial charge in [-0.05, 0) is 0 Å². The van der Waals surface area contributed by atoms with E-state index in [1.54, 1.807) is 12.8 Å². The fourth-order valence-electron chi connectivity index (χ4n) is 0.430. The van der Waals surface area contributed by atoms with Crippen molar-refractivity contribution in [1.82, 2.24) is 0 Å². The van der Waals surface area contributed by atoms with E-state index in [1.165, 1.54) is 4.78 Å². The molecule has 0 heterocycles. The Hall–Kier alpha value is 0.532. The summed E-state index contributed by atoms with van der Waals surface area (Å²) in [6, 6.07) is 0. The molecular weight excluding hydrogens is 75.0 g/mol. The van der Waals surface area contributed by atoms with Crippen LogP contribution < -0.4 is 0 Å². The van der Waals surface area contributed by atoms with Gasteiger partial charge in [0.2, 0.25) is 0 Å². The first-order chi connectivity index (χ1) is 2.43. The third kappa shape index (κ3) is 0.950. The molecule has 0 nitrogen and oxygen atoms in total. The first-order valence-corrected chi connectivity index (χ1v) is 4.05. The summed E-state index contributed by atoms with van der Waals surface area (Å²) in [7, 11) is 0. The summed E-state index contributed by atoms with van der Waals surface area (Å²) in [6.07, 6.45) is 3.09. The number of hydrogen-bond acceptors (Lipinski definition) is 0. The van der Waals surface area contributed by atoms with Crippen LogP contribution in [0.4, 0.5) is 0 Å². The fourth-order valence-corrected chi connectivity index (χ4v) is 1.29. The molecule has 1 saturated carbocycles. The van der Waals surface area contributed by atoms with Gasteiger partial charge in [0, 0.05) is 0 Å². The molecule has 0 amide bonds. The van der Waals surface area contributed by atoms with Crippen LogP contribution in [0.3, 0.4) is 0 Å². The van der Waals surface area contributed by atoms with Gasteiger partial charge in [0.15, 0.2) is 0 Å². The zero-order chi connectivity index (χ0) is 3.70. The molecule has 5 heavy (non-hydrogen) atoms. The molecule has 0 saturated heterocycles. The van der Waals surface area contributed by atoms with Crippen molar-refractivity contribution in [2.24, 2.45) is 0 Å². The summed E-state index contributed by atoms with van der Waals surface area (Å²) in [5, 5.41) is 0. The Labute approximate surface area is 39.3 Å². The topological polar surface area (TPSA) is 0 Å². The Morgan fingerprint density at radius 1 is 1.60 bits per heavy atom. The van der Waals surface area contributed by atoms with Gasteiger partial charge in [-0.15, -0.1) is 0 Å². The number of hydrogen-bond donors (Lipinski definition) is 0. The van der Waals surface area contributed by atoms with Crippen LogP contribution in [0.2, 0.25) is 10.6 Å². The maximum absolute atomic E-state index is 2.34. The Morgan fingerprint density at radius 2 is 2.20 bits per heavy atom. The van der Waals surface area contributed by atoms with Gasteiger partial charge in [-0.1, -0.05) is 0 Å². The van der Waals surface area contributed by atoms with Gasteiger partial charge in [0.05, 0.1) is 0 Å². The minimum absolute atomic E-state index is 0.843. The van der Waals surface area contributed by atoms with Crippen molar-refractivity contribution in [3.8, 4) is 0 Å². The van der Waals surface area contributed by atoms with E-state index in [0.29, 0.717) is 0 Å². The first kappa shape index (κ1) is 3.71. The molecule has 0 atom stereocenters. The molecule has 1 fully saturated rings. The van der Waals surface area contributed by atoms with Crippen LogP contribution in [-0.2, 0) is 0 Å². The van der Waals surface area contributed by atoms with Crippen molar-refractivity contribution in [2.75, 3.05) is 0 Å². The second-order valence-corrected chi connectivity index (χ2v) is 3.28. The van der Waals surface area contributed by atoms with Crippen LogP contribution in [0.25, 0.3) is 0 Å². The van der Waals surface area contributed by atoms with Crippen molar-refractivity contribution in [3.05, 3.63) is 0 Å². The second-order valence-electron chi connectivity index (χ2n) is 1.67. The van der Waals surface area contributed by atoms with E-state index >= 15 is 0 Å². The summed E-state index contributed by atoms with van der Waals surface area (Å²) in [5.74, 6) is 2.34. The fraction of sp³-hybridized carbons (Fsp3) is 1.00. The normalized spacial score (nSPS) is 21.8. The molecule has 0 N–H and O–H groups in total. The third-order valence-electron chi connectivity index (χ3n) is 1.09. The van der Waals surface area contributed by atoms with Gasteiger partial charge in [-0.2, -0.15) is 0 Å². The van der Waals surface area contributed by atoms with Crippen LogP contribution >= 0.6 is 0 Å². The predicted octanol–water partition coefficient (Wildman–Crippen LogP) is 1.32. The molecular formula is C4H8Al+. The van der Waals surface area contributed by atoms with Crippen LogP contribution in [0.1, 0.15) is 12.8 Å². The molecule has 1 aliphatic carbocycles. The van der Waals surface area contributed by atoms with E-state index in [4.69, 9.17) is 0 Å². The van der Waals surface area contributed by atoms with Crippen LogP contribution in [-0.4, -0.2) is 15.2 Å². The molecule has 0 aromatic heterocycles. The van der Waals surface area contributed by atoms with E-state index in [-0.39, 0.29) is 0 Å². The Balaban J connectivity index is 2.00. The molecule has 1 aliphatic rings. The minimum atomic E-state index is 0.843. The summed E-state index contributed by atoms with van der Waals surface area (Å²) in [5.41, 5.74) is 0. The molecule has 0 aliphatic heterocycles. The van der Waals surface area contributed by atoms with Crippen LogP contribution in [0.15, 0.2) is 0 Å². The Kier molecular flexibility index (Phi) is 0.984. The van der Waals surface area contributed by atoms with Gasteiger partial charge in [0.1, 0.15) is 0 Å². The number of rotatable bonds is 1. The molecule has 0 unspecified atom stereocenters. The van der Waals surface area contributed by atoms with Crippen molar-refractivity contribution < 1.29 is 0 Å². The van der Waals surface area contributed by atoms with E-state index in [1.807, 2.05) is 0 Å². The molecule has 26 valence electrons. The van der Waals surface area contributed by atoms with Crippen LogP contribution in [0.5, 0.6) is 0 Å². The summed E-state index contributed by atoms with van der Waals surface area (Å²) in [4.78, 5) is 0. The van der Waals surface area contributed by atoms with Gasteiger partial charge < -0.3 is 0 Å². The summed E-state index contributed by atoms with van der Waals surface area (Å²) in [6.45, 7) is 0. The second kappa shape index (κ2) is 1.33. The van der Waals surface area contributed by atoms with Crippen molar-refractivity contribution in [1.29, 1.82) is 0 Å². The Bertz CT molecular complexity index is 30.6. The summed E-state index contributed by atoms with van der Waals surface area (Å²) < 4.78 is 1.22. The van der Waals surface area contributed by atoms with Crippen molar-refractivity contribution in [3.63, 3.8) is 0 Å². The van der Waals surface area contributed by atoms with Gasteiger partial charge in [-0.3, -0.25) is 0 Å². The monoisotopic (exact) mass is 83.0 g/mol. The van der Waals surface area contributed by atoms with Gasteiger partial charge in [-0.25, -0.2) is 0 Å². The standard InChI is InChI=1S/C3H5.CH3.Al/c1-2-3-1;;/h1H,2-3H2;1H3;/q;;+1. The van der Waals surface area contributed by atoms with Crippen molar-refractivity contribution >= 4 is 15.2 Å². The summed E-state index contributed by atoms with van der Waals surface area (Å²) >= 11 is 0.843. The SMILES string of the molecule is [CH3][Al+][CH]1CC1. The van der Waals surface area contributed by atoms with Crippen molar-refractivity contribution in [2.45, 2.75) is 23.4 Å². The molecule has 0 spiro atoms.